The average Bonchev–Trinajstić information content (AvgIpc) is 2.89. The van der Waals surface area contributed by atoms with Crippen LogP contribution in [-0.4, -0.2) is 38.1 Å². The van der Waals surface area contributed by atoms with Crippen molar-refractivity contribution < 1.29 is 38.1 Å². The summed E-state index contributed by atoms with van der Waals surface area (Å²) >= 11 is 0. The second-order valence-corrected chi connectivity index (χ2v) is 8.25. The number of carbonyl (C=O) groups excluding carboxylic acids is 4. The quantitative estimate of drug-likeness (QED) is 0.176. The topological polar surface area (TPSA) is 105 Å². The zero-order valence-electron chi connectivity index (χ0n) is 21.0. The van der Waals surface area contributed by atoms with Gasteiger partial charge in [0.2, 0.25) is 0 Å². The lowest BCUT2D eigenvalue weighted by atomic mass is 10.1. The normalized spacial score (nSPS) is 10.4. The number of benzene rings is 2. The Hall–Kier alpha value is -3.68. The van der Waals surface area contributed by atoms with Crippen molar-refractivity contribution in [2.45, 2.75) is 64.2 Å². The largest absolute Gasteiger partial charge is 0.465 e. The number of esters is 4. The van der Waals surface area contributed by atoms with Crippen LogP contribution in [0.2, 0.25) is 0 Å². The standard InChI is InChI=1S/C28H34O8/c1-33-27(31)21-15-11-13-17-23(21)35-25(29)19-9-7-5-3-4-6-8-10-20-26(30)36-24-18-14-12-16-22(24)28(32)34-2/h11-18H,3-10,19-20H2,1-2H3. The first-order valence-corrected chi connectivity index (χ1v) is 12.2. The molecule has 8 heteroatoms. The van der Waals surface area contributed by atoms with Gasteiger partial charge in [-0.1, -0.05) is 62.8 Å². The number of hydrogen-bond acceptors (Lipinski definition) is 8. The van der Waals surface area contributed by atoms with Crippen LogP contribution in [0.25, 0.3) is 0 Å². The lowest BCUT2D eigenvalue weighted by molar-refractivity contribution is -0.135. The van der Waals surface area contributed by atoms with E-state index in [1.165, 1.54) is 14.2 Å². The third kappa shape index (κ3) is 9.90. The molecule has 0 heterocycles. The smallest absolute Gasteiger partial charge is 0.341 e. The van der Waals surface area contributed by atoms with Gasteiger partial charge < -0.3 is 18.9 Å². The van der Waals surface area contributed by atoms with Crippen LogP contribution in [0.1, 0.15) is 84.9 Å². The van der Waals surface area contributed by atoms with E-state index in [4.69, 9.17) is 18.9 Å². The summed E-state index contributed by atoms with van der Waals surface area (Å²) in [5.41, 5.74) is 0.459. The number of carbonyl (C=O) groups is 4. The lowest BCUT2D eigenvalue weighted by Crippen LogP contribution is -2.11. The summed E-state index contributed by atoms with van der Waals surface area (Å²) in [7, 11) is 2.56. The van der Waals surface area contributed by atoms with Gasteiger partial charge in [0.05, 0.1) is 14.2 Å². The van der Waals surface area contributed by atoms with Crippen LogP contribution < -0.4 is 9.47 Å². The molecule has 0 atom stereocenters. The highest BCUT2D eigenvalue weighted by molar-refractivity contribution is 5.94. The molecule has 0 unspecified atom stereocenters. The van der Waals surface area contributed by atoms with Crippen molar-refractivity contribution in [1.82, 2.24) is 0 Å². The number of methoxy groups -OCH3 is 2. The summed E-state index contributed by atoms with van der Waals surface area (Å²) in [4.78, 5) is 47.7. The van der Waals surface area contributed by atoms with Gasteiger partial charge >= 0.3 is 23.9 Å². The molecule has 0 aromatic heterocycles. The molecule has 0 saturated heterocycles. The highest BCUT2D eigenvalue weighted by atomic mass is 16.6. The highest BCUT2D eigenvalue weighted by Gasteiger charge is 2.16. The zero-order chi connectivity index (χ0) is 26.2. The Morgan fingerprint density at radius 3 is 1.22 bits per heavy atom. The molecule has 36 heavy (non-hydrogen) atoms. The van der Waals surface area contributed by atoms with E-state index in [-0.39, 0.29) is 47.4 Å². The summed E-state index contributed by atoms with van der Waals surface area (Å²) < 4.78 is 20.0. The van der Waals surface area contributed by atoms with Crippen molar-refractivity contribution in [3.63, 3.8) is 0 Å². The predicted octanol–water partition coefficient (Wildman–Crippen LogP) is 5.67. The minimum Gasteiger partial charge on any atom is -0.465 e. The molecular weight excluding hydrogens is 464 g/mol. The van der Waals surface area contributed by atoms with Crippen LogP contribution >= 0.6 is 0 Å². The van der Waals surface area contributed by atoms with Gasteiger partial charge in [-0.05, 0) is 37.1 Å². The van der Waals surface area contributed by atoms with Crippen molar-refractivity contribution in [2.75, 3.05) is 14.2 Å². The van der Waals surface area contributed by atoms with Crippen molar-refractivity contribution in [3.05, 3.63) is 59.7 Å². The van der Waals surface area contributed by atoms with Gasteiger partial charge in [-0.3, -0.25) is 9.59 Å². The lowest BCUT2D eigenvalue weighted by Gasteiger charge is -2.09. The fourth-order valence-electron chi connectivity index (χ4n) is 3.62. The Bertz CT molecular complexity index is 933. The maximum atomic E-state index is 12.1. The molecule has 0 aliphatic rings. The Balaban J connectivity index is 1.52. The first kappa shape index (κ1) is 28.6. The highest BCUT2D eigenvalue weighted by Crippen LogP contribution is 2.21. The minimum atomic E-state index is -0.542. The molecule has 0 N–H and O–H groups in total. The van der Waals surface area contributed by atoms with Crippen molar-refractivity contribution in [3.8, 4) is 11.5 Å². The van der Waals surface area contributed by atoms with E-state index in [2.05, 4.69) is 0 Å². The summed E-state index contributed by atoms with van der Waals surface area (Å²) in [5.74, 6) is -1.39. The number of ether oxygens (including phenoxy) is 4. The van der Waals surface area contributed by atoms with E-state index in [1.54, 1.807) is 48.5 Å². The molecule has 0 spiro atoms. The van der Waals surface area contributed by atoms with E-state index in [0.29, 0.717) is 0 Å². The number of unbranched alkanes of at least 4 members (excludes halogenated alkanes) is 7. The van der Waals surface area contributed by atoms with Gasteiger partial charge in [-0.25, -0.2) is 9.59 Å². The Morgan fingerprint density at radius 1 is 0.528 bits per heavy atom. The second kappa shape index (κ2) is 16.1. The second-order valence-electron chi connectivity index (χ2n) is 8.25. The minimum absolute atomic E-state index is 0.214. The molecule has 0 aliphatic carbocycles. The first-order chi connectivity index (χ1) is 17.5. The maximum Gasteiger partial charge on any atom is 0.341 e. The van der Waals surface area contributed by atoms with Crippen LogP contribution in [0, 0.1) is 0 Å². The molecule has 8 nitrogen and oxygen atoms in total. The fourth-order valence-corrected chi connectivity index (χ4v) is 3.62. The fraction of sp³-hybridized carbons (Fsp3) is 0.429. The molecule has 2 rings (SSSR count). The maximum absolute atomic E-state index is 12.1. The van der Waals surface area contributed by atoms with Gasteiger partial charge in [0.15, 0.2) is 0 Å². The number of rotatable bonds is 15. The predicted molar refractivity (Wildman–Crippen MR) is 133 cm³/mol. The molecule has 2 aromatic rings. The third-order valence-corrected chi connectivity index (χ3v) is 5.54. The molecule has 2 aromatic carbocycles. The van der Waals surface area contributed by atoms with Crippen LogP contribution in [0.4, 0.5) is 0 Å². The molecule has 0 saturated carbocycles. The average molecular weight is 499 g/mol. The van der Waals surface area contributed by atoms with Crippen molar-refractivity contribution in [2.24, 2.45) is 0 Å². The third-order valence-electron chi connectivity index (χ3n) is 5.54. The summed E-state index contributed by atoms with van der Waals surface area (Å²) in [6.07, 6.45) is 7.98. The van der Waals surface area contributed by atoms with Gasteiger partial charge in [0, 0.05) is 12.8 Å². The van der Waals surface area contributed by atoms with E-state index < -0.39 is 11.9 Å². The number of hydrogen-bond donors (Lipinski definition) is 0. The Morgan fingerprint density at radius 2 is 0.861 bits per heavy atom. The molecule has 0 amide bonds. The van der Waals surface area contributed by atoms with E-state index >= 15 is 0 Å². The molecule has 0 aliphatic heterocycles. The molecular formula is C28H34O8. The van der Waals surface area contributed by atoms with Crippen LogP contribution in [0.3, 0.4) is 0 Å². The van der Waals surface area contributed by atoms with Gasteiger partial charge in [-0.2, -0.15) is 0 Å². The van der Waals surface area contributed by atoms with Crippen LogP contribution in [-0.2, 0) is 19.1 Å². The van der Waals surface area contributed by atoms with Crippen LogP contribution in [0.5, 0.6) is 11.5 Å². The summed E-state index contributed by atoms with van der Waals surface area (Å²) in [6, 6.07) is 13.0. The van der Waals surface area contributed by atoms with E-state index in [0.717, 1.165) is 51.4 Å². The summed E-state index contributed by atoms with van der Waals surface area (Å²) in [5, 5.41) is 0. The zero-order valence-corrected chi connectivity index (χ0v) is 21.0. The monoisotopic (exact) mass is 498 g/mol. The van der Waals surface area contributed by atoms with E-state index in [9.17, 15) is 19.2 Å². The van der Waals surface area contributed by atoms with E-state index in [1.807, 2.05) is 0 Å². The molecule has 0 bridgehead atoms. The van der Waals surface area contributed by atoms with Crippen LogP contribution in [0.15, 0.2) is 48.5 Å². The first-order valence-electron chi connectivity index (χ1n) is 12.2. The molecule has 0 fully saturated rings. The molecule has 194 valence electrons. The summed E-state index contributed by atoms with van der Waals surface area (Å²) in [6.45, 7) is 0. The number of para-hydroxylation sites is 2. The van der Waals surface area contributed by atoms with Crippen molar-refractivity contribution in [1.29, 1.82) is 0 Å². The Kier molecular flexibility index (Phi) is 12.8. The van der Waals surface area contributed by atoms with Crippen molar-refractivity contribution >= 4 is 23.9 Å². The molecule has 0 radical (unpaired) electrons. The van der Waals surface area contributed by atoms with Gasteiger partial charge in [0.1, 0.15) is 22.6 Å². The van der Waals surface area contributed by atoms with Gasteiger partial charge in [0.25, 0.3) is 0 Å². The Labute approximate surface area is 211 Å². The SMILES string of the molecule is COC(=O)c1ccccc1OC(=O)CCCCCCCCCCC(=O)Oc1ccccc1C(=O)OC. The van der Waals surface area contributed by atoms with Gasteiger partial charge in [-0.15, -0.1) is 0 Å².